The first-order valence-corrected chi connectivity index (χ1v) is 25.2. The molecule has 394 valence electrons. The summed E-state index contributed by atoms with van der Waals surface area (Å²) in [5.74, 6) is -9.67. The number of carbonyl (C=O) groups is 11. The summed E-state index contributed by atoms with van der Waals surface area (Å²) in [6.45, 7) is 4.59. The molecule has 1 heterocycles. The largest absolute Gasteiger partial charge is 0.494 e. The molecule has 0 saturated carbocycles. The Morgan fingerprint density at radius 3 is 2.07 bits per heavy atom. The van der Waals surface area contributed by atoms with Crippen LogP contribution in [-0.2, 0) is 59.2 Å². The van der Waals surface area contributed by atoms with E-state index in [1.807, 2.05) is 6.92 Å². The summed E-state index contributed by atoms with van der Waals surface area (Å²) < 4.78 is 5.53. The lowest BCUT2D eigenvalue weighted by Crippen LogP contribution is -2.61. The highest BCUT2D eigenvalue weighted by Gasteiger charge is 2.36. The number of hydrogen-bond acceptors (Lipinski definition) is 15. The number of rotatable bonds is 22. The van der Waals surface area contributed by atoms with Crippen molar-refractivity contribution in [2.45, 2.75) is 108 Å². The molecule has 2 rings (SSSR count). The Balaban J connectivity index is 2.54. The number of nitrogens with zero attached hydrogens (tertiary/aromatic N) is 2. The van der Waals surface area contributed by atoms with Crippen LogP contribution in [0.3, 0.4) is 0 Å². The van der Waals surface area contributed by atoms with Crippen LogP contribution >= 0.6 is 21.6 Å². The fraction of sp³-hybridized carbons (Fsp3) is 0.581. The third-order valence-corrected chi connectivity index (χ3v) is 13.0. The zero-order chi connectivity index (χ0) is 53.2. The SMILES string of the molecule is CCOc1ccc(C[C@@H]2NC(=O)CCSSC[C@H](C(=O)N(C)CC(=O)N[C@@H](CCCN=C(N)N)C(=O)NCC(N)=O)NC(=O)[C@H](CC(N)=O)NC(=O)[C@H](CCC(N)=O)NC(=O)[C@H]([C@@H](C)CC)NC2=O)cc1. The molecule has 1 aromatic carbocycles. The van der Waals surface area contributed by atoms with Gasteiger partial charge in [0.2, 0.25) is 65.0 Å². The number of amides is 11. The number of hydrogen-bond donors (Lipinski definition) is 12. The van der Waals surface area contributed by atoms with E-state index in [1.54, 1.807) is 38.1 Å². The summed E-state index contributed by atoms with van der Waals surface area (Å²) in [6, 6.07) is -1.63. The second-order valence-corrected chi connectivity index (χ2v) is 19.1. The molecule has 0 radical (unpaired) electrons. The minimum absolute atomic E-state index is 0.00319. The van der Waals surface area contributed by atoms with Gasteiger partial charge in [0.05, 0.1) is 26.1 Å². The molecule has 1 saturated heterocycles. The van der Waals surface area contributed by atoms with E-state index in [2.05, 4.69) is 42.2 Å². The predicted octanol–water partition coefficient (Wildman–Crippen LogP) is -4.38. The third kappa shape index (κ3) is 23.1. The first kappa shape index (κ1) is 60.3. The van der Waals surface area contributed by atoms with Crippen molar-refractivity contribution in [3.05, 3.63) is 29.8 Å². The van der Waals surface area contributed by atoms with Gasteiger partial charge in [-0.15, -0.1) is 0 Å². The van der Waals surface area contributed by atoms with E-state index in [0.717, 1.165) is 26.5 Å². The highest BCUT2D eigenvalue weighted by atomic mass is 33.1. The van der Waals surface area contributed by atoms with Crippen LogP contribution in [0.5, 0.6) is 5.75 Å². The van der Waals surface area contributed by atoms with E-state index in [9.17, 15) is 52.7 Å². The smallest absolute Gasteiger partial charge is 0.246 e. The Hall–Kier alpha value is -6.84. The van der Waals surface area contributed by atoms with E-state index < -0.39 is 133 Å². The van der Waals surface area contributed by atoms with Crippen molar-refractivity contribution in [2.75, 3.05) is 44.8 Å². The van der Waals surface area contributed by atoms with Gasteiger partial charge in [0.1, 0.15) is 42.0 Å². The van der Waals surface area contributed by atoms with Gasteiger partial charge < -0.3 is 75.5 Å². The summed E-state index contributed by atoms with van der Waals surface area (Å²) in [4.78, 5) is 150. The van der Waals surface area contributed by atoms with Crippen molar-refractivity contribution in [1.29, 1.82) is 0 Å². The molecule has 0 aromatic heterocycles. The predicted molar refractivity (Wildman–Crippen MR) is 264 cm³/mol. The first-order valence-electron chi connectivity index (χ1n) is 22.7. The Bertz CT molecular complexity index is 2080. The van der Waals surface area contributed by atoms with Crippen LogP contribution in [0.2, 0.25) is 0 Å². The van der Waals surface area contributed by atoms with Crippen LogP contribution in [0.25, 0.3) is 0 Å². The lowest BCUT2D eigenvalue weighted by atomic mass is 9.96. The van der Waals surface area contributed by atoms with Crippen molar-refractivity contribution in [3.63, 3.8) is 0 Å². The van der Waals surface area contributed by atoms with Crippen molar-refractivity contribution < 1.29 is 57.5 Å². The maximum atomic E-state index is 14.1. The molecule has 11 amide bonds. The van der Waals surface area contributed by atoms with Gasteiger partial charge in [-0.05, 0) is 49.8 Å². The van der Waals surface area contributed by atoms with Crippen LogP contribution in [-0.4, -0.2) is 157 Å². The van der Waals surface area contributed by atoms with Gasteiger partial charge in [0.15, 0.2) is 5.96 Å². The number of primary amides is 3. The molecule has 0 bridgehead atoms. The van der Waals surface area contributed by atoms with Crippen molar-refractivity contribution >= 4 is 92.5 Å². The lowest BCUT2D eigenvalue weighted by molar-refractivity contribution is -0.139. The molecule has 0 aliphatic carbocycles. The molecular weight excluding hydrogens is 969 g/mol. The van der Waals surface area contributed by atoms with E-state index >= 15 is 0 Å². The highest BCUT2D eigenvalue weighted by Crippen LogP contribution is 2.24. The van der Waals surface area contributed by atoms with Crippen molar-refractivity contribution in [1.82, 2.24) is 42.1 Å². The highest BCUT2D eigenvalue weighted by molar-refractivity contribution is 8.76. The maximum Gasteiger partial charge on any atom is 0.246 e. The second kappa shape index (κ2) is 31.4. The molecule has 28 heteroatoms. The molecule has 26 nitrogen and oxygen atoms in total. The monoisotopic (exact) mass is 1040 g/mol. The minimum atomic E-state index is -1.75. The van der Waals surface area contributed by atoms with E-state index in [1.165, 1.54) is 7.05 Å². The summed E-state index contributed by atoms with van der Waals surface area (Å²) in [5, 5.41) is 17.7. The van der Waals surface area contributed by atoms with Crippen molar-refractivity contribution in [3.8, 4) is 5.75 Å². The number of nitrogens with one attached hydrogen (secondary N) is 7. The van der Waals surface area contributed by atoms with Gasteiger partial charge in [-0.2, -0.15) is 0 Å². The summed E-state index contributed by atoms with van der Waals surface area (Å²) >= 11 is 0. The molecule has 1 aliphatic rings. The van der Waals surface area contributed by atoms with Crippen LogP contribution in [0.15, 0.2) is 29.3 Å². The van der Waals surface area contributed by atoms with Crippen LogP contribution in [0, 0.1) is 5.92 Å². The second-order valence-electron chi connectivity index (χ2n) is 16.4. The average molecular weight is 1040 g/mol. The number of nitrogens with two attached hydrogens (primary N) is 5. The molecular formula is C43H68N14O12S2. The van der Waals surface area contributed by atoms with Gasteiger partial charge in [0.25, 0.3) is 0 Å². The van der Waals surface area contributed by atoms with Gasteiger partial charge >= 0.3 is 0 Å². The van der Waals surface area contributed by atoms with Crippen LogP contribution < -0.4 is 70.6 Å². The Morgan fingerprint density at radius 2 is 1.46 bits per heavy atom. The number of guanidine groups is 1. The number of carbonyl (C=O) groups excluding carboxylic acids is 11. The van der Waals surface area contributed by atoms with E-state index in [-0.39, 0.29) is 56.1 Å². The quantitative estimate of drug-likeness (QED) is 0.0226. The molecule has 17 N–H and O–H groups in total. The van der Waals surface area contributed by atoms with Gasteiger partial charge in [0, 0.05) is 44.4 Å². The molecule has 7 atom stereocenters. The van der Waals surface area contributed by atoms with E-state index in [4.69, 9.17) is 33.4 Å². The molecule has 1 fully saturated rings. The number of aliphatic imine (C=N–C) groups is 1. The third-order valence-electron chi connectivity index (χ3n) is 10.6. The number of ether oxygens (including phenoxy) is 1. The molecule has 71 heavy (non-hydrogen) atoms. The number of benzene rings is 1. The van der Waals surface area contributed by atoms with Gasteiger partial charge in [-0.25, -0.2) is 0 Å². The standard InChI is InChI=1S/C43H68N14O12S2/c1-5-23(3)36-41(67)53-27(13-14-31(44)58)38(64)54-29(19-32(45)59)39(65)55-30(42(68)57(4)21-35(62)51-26(8-7-16-49-43(47)48)37(63)50-20-33(46)60)22-71-70-17-15-34(61)52-28(40(66)56-36)18-24-9-11-25(12-10-24)69-6-2/h9-12,23,26-30,36H,5-8,13-22H2,1-4H3,(H2,44,58)(H2,45,59)(H2,46,60)(H,50,63)(H,51,62)(H,52,61)(H,53,67)(H,54,64)(H,55,65)(H,56,66)(H4,47,48,49)/t23-,26-,27-,28-,29-,30+,36-/m0/s1. The summed E-state index contributed by atoms with van der Waals surface area (Å²) in [5.41, 5.74) is 27.4. The van der Waals surface area contributed by atoms with Crippen LogP contribution in [0.1, 0.15) is 71.3 Å². The van der Waals surface area contributed by atoms with Crippen molar-refractivity contribution in [2.24, 2.45) is 39.6 Å². The summed E-state index contributed by atoms with van der Waals surface area (Å²) in [6.07, 6.45) is -1.16. The molecule has 0 spiro atoms. The Kier molecular flexibility index (Phi) is 26.7. The van der Waals surface area contributed by atoms with Gasteiger partial charge in [-0.3, -0.25) is 57.7 Å². The summed E-state index contributed by atoms with van der Waals surface area (Å²) in [7, 11) is 3.41. The van der Waals surface area contributed by atoms with Crippen LogP contribution in [0.4, 0.5) is 0 Å². The molecule has 1 aliphatic heterocycles. The fourth-order valence-corrected chi connectivity index (χ4v) is 8.83. The number of likely N-dealkylation sites (N-methyl/N-ethyl adjacent to an activating group) is 1. The lowest BCUT2D eigenvalue weighted by Gasteiger charge is -2.29. The maximum absolute atomic E-state index is 14.1. The Labute approximate surface area is 419 Å². The molecule has 0 unspecified atom stereocenters. The zero-order valence-corrected chi connectivity index (χ0v) is 41.9. The normalized spacial score (nSPS) is 20.4. The fourth-order valence-electron chi connectivity index (χ4n) is 6.68. The first-order chi connectivity index (χ1) is 33.5. The molecule has 1 aromatic rings. The minimum Gasteiger partial charge on any atom is -0.494 e. The zero-order valence-electron chi connectivity index (χ0n) is 40.2. The Morgan fingerprint density at radius 1 is 0.817 bits per heavy atom. The average Bonchev–Trinajstić information content (AvgIpc) is 3.30. The topological polar surface area (TPSA) is 427 Å². The van der Waals surface area contributed by atoms with E-state index in [0.29, 0.717) is 24.3 Å². The van der Waals surface area contributed by atoms with Gasteiger partial charge in [-0.1, -0.05) is 54.0 Å².